The zero-order chi connectivity index (χ0) is 13.5. The lowest BCUT2D eigenvalue weighted by Gasteiger charge is -2.06. The molecule has 1 saturated carbocycles. The third-order valence-corrected chi connectivity index (χ3v) is 3.40. The first-order chi connectivity index (χ1) is 8.35. The number of nitrogens with one attached hydrogen (secondary N) is 1. The first-order valence-electron chi connectivity index (χ1n) is 5.53. The van der Waals surface area contributed by atoms with Gasteiger partial charge < -0.3 is 15.5 Å². The summed E-state index contributed by atoms with van der Waals surface area (Å²) in [7, 11) is 0. The SMILES string of the molecule is CC1(C)[C@@H](C(=O)O)[C@@H]1C(=O)Nc1ncccc1O. The summed E-state index contributed by atoms with van der Waals surface area (Å²) >= 11 is 0. The standard InChI is InChI=1S/C12H14N2O4/c1-12(2)7(8(12)11(17)18)10(16)14-9-6(15)4-3-5-13-9/h3-5,7-8,15H,1-2H3,(H,17,18)(H,13,14,16)/t7-,8-/m1/s1. The van der Waals surface area contributed by atoms with E-state index in [1.807, 2.05) is 0 Å². The Hall–Kier alpha value is -2.11. The molecule has 1 heterocycles. The summed E-state index contributed by atoms with van der Waals surface area (Å²) < 4.78 is 0. The Kier molecular flexibility index (Phi) is 2.73. The van der Waals surface area contributed by atoms with E-state index < -0.39 is 29.1 Å². The van der Waals surface area contributed by atoms with Gasteiger partial charge in [0.2, 0.25) is 5.91 Å². The van der Waals surface area contributed by atoms with Gasteiger partial charge in [0.15, 0.2) is 11.6 Å². The molecule has 18 heavy (non-hydrogen) atoms. The summed E-state index contributed by atoms with van der Waals surface area (Å²) in [6.45, 7) is 3.46. The Morgan fingerprint density at radius 2 is 2.06 bits per heavy atom. The van der Waals surface area contributed by atoms with Crippen molar-refractivity contribution in [3.8, 4) is 5.75 Å². The Morgan fingerprint density at radius 1 is 1.39 bits per heavy atom. The van der Waals surface area contributed by atoms with Crippen LogP contribution in [0.3, 0.4) is 0 Å². The average molecular weight is 250 g/mol. The topological polar surface area (TPSA) is 99.5 Å². The maximum atomic E-state index is 11.9. The molecule has 0 aliphatic heterocycles. The zero-order valence-corrected chi connectivity index (χ0v) is 10.0. The number of carboxylic acid groups (broad SMARTS) is 1. The molecule has 0 bridgehead atoms. The van der Waals surface area contributed by atoms with Gasteiger partial charge in [-0.15, -0.1) is 0 Å². The molecular formula is C12H14N2O4. The first-order valence-corrected chi connectivity index (χ1v) is 5.53. The van der Waals surface area contributed by atoms with Gasteiger partial charge in [0, 0.05) is 6.20 Å². The number of nitrogens with zero attached hydrogens (tertiary/aromatic N) is 1. The van der Waals surface area contributed by atoms with Crippen molar-refractivity contribution >= 4 is 17.7 Å². The Morgan fingerprint density at radius 3 is 2.56 bits per heavy atom. The van der Waals surface area contributed by atoms with Crippen LogP contribution in [0.5, 0.6) is 5.75 Å². The quantitative estimate of drug-likeness (QED) is 0.745. The van der Waals surface area contributed by atoms with Crippen LogP contribution in [-0.2, 0) is 9.59 Å². The maximum Gasteiger partial charge on any atom is 0.307 e. The Bertz CT molecular complexity index is 513. The summed E-state index contributed by atoms with van der Waals surface area (Å²) in [6.07, 6.45) is 1.43. The van der Waals surface area contributed by atoms with Crippen LogP contribution in [-0.4, -0.2) is 27.1 Å². The second kappa shape index (κ2) is 3.97. The van der Waals surface area contributed by atoms with Crippen molar-refractivity contribution in [1.29, 1.82) is 0 Å². The number of carbonyl (C=O) groups is 2. The summed E-state index contributed by atoms with van der Waals surface area (Å²) in [5.74, 6) is -2.79. The fourth-order valence-electron chi connectivity index (χ4n) is 2.28. The number of rotatable bonds is 3. The molecule has 1 fully saturated rings. The smallest absolute Gasteiger partial charge is 0.307 e. The number of aromatic hydroxyl groups is 1. The molecule has 0 saturated heterocycles. The van der Waals surface area contributed by atoms with E-state index in [2.05, 4.69) is 10.3 Å². The van der Waals surface area contributed by atoms with E-state index in [0.29, 0.717) is 0 Å². The van der Waals surface area contributed by atoms with Crippen molar-refractivity contribution in [3.63, 3.8) is 0 Å². The van der Waals surface area contributed by atoms with Crippen molar-refractivity contribution in [2.24, 2.45) is 17.3 Å². The zero-order valence-electron chi connectivity index (χ0n) is 10.0. The van der Waals surface area contributed by atoms with Crippen LogP contribution in [0.2, 0.25) is 0 Å². The van der Waals surface area contributed by atoms with E-state index in [4.69, 9.17) is 5.11 Å². The lowest BCUT2D eigenvalue weighted by molar-refractivity contribution is -0.140. The normalized spacial score (nSPS) is 24.3. The molecule has 0 unspecified atom stereocenters. The van der Waals surface area contributed by atoms with E-state index in [-0.39, 0.29) is 11.6 Å². The predicted octanol–water partition coefficient (Wildman–Crippen LogP) is 1.08. The van der Waals surface area contributed by atoms with Crippen molar-refractivity contribution in [1.82, 2.24) is 4.98 Å². The molecular weight excluding hydrogens is 236 g/mol. The summed E-state index contributed by atoms with van der Waals surface area (Å²) in [5.41, 5.74) is -0.569. The van der Waals surface area contributed by atoms with E-state index in [9.17, 15) is 14.7 Å². The molecule has 1 amide bonds. The number of hydrogen-bond donors (Lipinski definition) is 3. The number of amides is 1. The van der Waals surface area contributed by atoms with Gasteiger partial charge in [-0.25, -0.2) is 4.98 Å². The highest BCUT2D eigenvalue weighted by atomic mass is 16.4. The number of hydrogen-bond acceptors (Lipinski definition) is 4. The molecule has 0 radical (unpaired) electrons. The molecule has 3 N–H and O–H groups in total. The molecule has 96 valence electrons. The number of carbonyl (C=O) groups excluding carboxylic acids is 1. The number of aromatic nitrogens is 1. The van der Waals surface area contributed by atoms with Gasteiger partial charge in [-0.2, -0.15) is 0 Å². The van der Waals surface area contributed by atoms with Gasteiger partial charge >= 0.3 is 5.97 Å². The van der Waals surface area contributed by atoms with E-state index in [0.717, 1.165) is 0 Å². The van der Waals surface area contributed by atoms with Crippen LogP contribution in [0.25, 0.3) is 0 Å². The van der Waals surface area contributed by atoms with Gasteiger partial charge in [-0.05, 0) is 17.5 Å². The van der Waals surface area contributed by atoms with E-state index in [1.54, 1.807) is 13.8 Å². The van der Waals surface area contributed by atoms with Crippen molar-refractivity contribution in [2.75, 3.05) is 5.32 Å². The molecule has 1 aliphatic carbocycles. The molecule has 2 rings (SSSR count). The van der Waals surface area contributed by atoms with E-state index >= 15 is 0 Å². The van der Waals surface area contributed by atoms with Gasteiger partial charge in [0.1, 0.15) is 0 Å². The Labute approximate surface area is 104 Å². The monoisotopic (exact) mass is 250 g/mol. The third kappa shape index (κ3) is 1.90. The maximum absolute atomic E-state index is 11.9. The number of pyridine rings is 1. The fourth-order valence-corrected chi connectivity index (χ4v) is 2.28. The van der Waals surface area contributed by atoms with Crippen LogP contribution in [0.15, 0.2) is 18.3 Å². The fraction of sp³-hybridized carbons (Fsp3) is 0.417. The molecule has 6 heteroatoms. The second-order valence-electron chi connectivity index (χ2n) is 4.98. The molecule has 6 nitrogen and oxygen atoms in total. The van der Waals surface area contributed by atoms with Crippen LogP contribution in [0.1, 0.15) is 13.8 Å². The number of carboxylic acids is 1. The van der Waals surface area contributed by atoms with Crippen molar-refractivity contribution < 1.29 is 19.8 Å². The van der Waals surface area contributed by atoms with Crippen molar-refractivity contribution in [3.05, 3.63) is 18.3 Å². The lowest BCUT2D eigenvalue weighted by atomic mass is 10.1. The molecule has 0 spiro atoms. The molecule has 0 aromatic carbocycles. The van der Waals surface area contributed by atoms with Crippen LogP contribution in [0.4, 0.5) is 5.82 Å². The molecule has 1 aliphatic rings. The van der Waals surface area contributed by atoms with E-state index in [1.165, 1.54) is 18.3 Å². The minimum atomic E-state index is -0.981. The van der Waals surface area contributed by atoms with Crippen molar-refractivity contribution in [2.45, 2.75) is 13.8 Å². The minimum Gasteiger partial charge on any atom is -0.504 e. The highest BCUT2D eigenvalue weighted by molar-refractivity contribution is 5.99. The summed E-state index contributed by atoms with van der Waals surface area (Å²) in [5, 5.41) is 20.9. The number of anilines is 1. The molecule has 1 aromatic heterocycles. The molecule has 1 aromatic rings. The predicted molar refractivity (Wildman–Crippen MR) is 62.9 cm³/mol. The van der Waals surface area contributed by atoms with Crippen LogP contribution < -0.4 is 5.32 Å². The van der Waals surface area contributed by atoms with Gasteiger partial charge in [0.05, 0.1) is 11.8 Å². The first kappa shape index (κ1) is 12.3. The average Bonchev–Trinajstić information content (AvgIpc) is 2.85. The third-order valence-electron chi connectivity index (χ3n) is 3.40. The van der Waals surface area contributed by atoms with Gasteiger partial charge in [0.25, 0.3) is 0 Å². The van der Waals surface area contributed by atoms with Crippen LogP contribution >= 0.6 is 0 Å². The number of aliphatic carboxylic acids is 1. The Balaban J connectivity index is 2.11. The van der Waals surface area contributed by atoms with Gasteiger partial charge in [-0.1, -0.05) is 13.8 Å². The molecule has 2 atom stereocenters. The second-order valence-corrected chi connectivity index (χ2v) is 4.98. The summed E-state index contributed by atoms with van der Waals surface area (Å²) in [4.78, 5) is 26.7. The summed E-state index contributed by atoms with van der Waals surface area (Å²) in [6, 6.07) is 2.93. The van der Waals surface area contributed by atoms with Gasteiger partial charge in [-0.3, -0.25) is 9.59 Å². The van der Waals surface area contributed by atoms with Crippen LogP contribution in [0, 0.1) is 17.3 Å². The highest BCUT2D eigenvalue weighted by Crippen LogP contribution is 2.58. The minimum absolute atomic E-state index is 0.0503. The largest absolute Gasteiger partial charge is 0.504 e. The lowest BCUT2D eigenvalue weighted by Crippen LogP contribution is -2.18. The highest BCUT2D eigenvalue weighted by Gasteiger charge is 2.65.